The predicted molar refractivity (Wildman–Crippen MR) is 64.1 cm³/mol. The van der Waals surface area contributed by atoms with Crippen molar-refractivity contribution in [3.05, 3.63) is 16.1 Å². The minimum absolute atomic E-state index is 0.0923. The molecule has 0 aliphatic rings. The van der Waals surface area contributed by atoms with Crippen LogP contribution in [0.15, 0.2) is 5.38 Å². The van der Waals surface area contributed by atoms with Gasteiger partial charge in [0.1, 0.15) is 11.1 Å². The molecule has 1 unspecified atom stereocenters. The van der Waals surface area contributed by atoms with Crippen LogP contribution in [0.3, 0.4) is 0 Å². The summed E-state index contributed by atoms with van der Waals surface area (Å²) in [5, 5.41) is 3.11. The minimum Gasteiger partial charge on any atom is -0.372 e. The van der Waals surface area contributed by atoms with Gasteiger partial charge < -0.3 is 10.5 Å². The van der Waals surface area contributed by atoms with E-state index in [-0.39, 0.29) is 11.6 Å². The molecule has 0 aliphatic carbocycles. The van der Waals surface area contributed by atoms with Gasteiger partial charge in [-0.1, -0.05) is 0 Å². The predicted octanol–water partition coefficient (Wildman–Crippen LogP) is 2.52. The highest BCUT2D eigenvalue weighted by molar-refractivity contribution is 7.09. The van der Waals surface area contributed by atoms with E-state index in [9.17, 15) is 0 Å². The van der Waals surface area contributed by atoms with Crippen molar-refractivity contribution in [2.75, 3.05) is 6.61 Å². The molecule has 4 heteroatoms. The molecule has 0 spiro atoms. The molecule has 1 atom stereocenters. The van der Waals surface area contributed by atoms with Crippen LogP contribution >= 0.6 is 11.3 Å². The van der Waals surface area contributed by atoms with Gasteiger partial charge in [0, 0.05) is 23.9 Å². The first-order chi connectivity index (χ1) is 6.92. The van der Waals surface area contributed by atoms with Gasteiger partial charge >= 0.3 is 0 Å². The molecule has 86 valence electrons. The highest BCUT2D eigenvalue weighted by atomic mass is 32.1. The standard InChI is InChI=1S/C11H20N2OS/c1-5-14-8(2)10-13-9(7-15-10)6-11(3,4)12/h7-8H,5-6,12H2,1-4H3. The van der Waals surface area contributed by atoms with Crippen molar-refractivity contribution in [3.63, 3.8) is 0 Å². The van der Waals surface area contributed by atoms with E-state index < -0.39 is 0 Å². The number of ether oxygens (including phenoxy) is 1. The summed E-state index contributed by atoms with van der Waals surface area (Å²) in [6.45, 7) is 8.77. The van der Waals surface area contributed by atoms with E-state index in [1.807, 2.05) is 27.7 Å². The Bertz CT molecular complexity index is 304. The summed E-state index contributed by atoms with van der Waals surface area (Å²) in [6.07, 6.45) is 0.900. The number of aromatic nitrogens is 1. The van der Waals surface area contributed by atoms with Crippen molar-refractivity contribution in [2.24, 2.45) is 5.73 Å². The van der Waals surface area contributed by atoms with Crippen molar-refractivity contribution in [1.82, 2.24) is 4.98 Å². The van der Waals surface area contributed by atoms with E-state index in [1.165, 1.54) is 0 Å². The SMILES string of the molecule is CCOC(C)c1nc(CC(C)(C)N)cs1. The minimum atomic E-state index is -0.194. The van der Waals surface area contributed by atoms with Gasteiger partial charge in [0.15, 0.2) is 0 Å². The Hall–Kier alpha value is -0.450. The molecule has 0 aliphatic heterocycles. The van der Waals surface area contributed by atoms with Crippen molar-refractivity contribution in [3.8, 4) is 0 Å². The molecular weight excluding hydrogens is 208 g/mol. The van der Waals surface area contributed by atoms with Crippen LogP contribution in [0.1, 0.15) is 44.5 Å². The van der Waals surface area contributed by atoms with Gasteiger partial charge in [-0.25, -0.2) is 4.98 Å². The molecule has 0 saturated heterocycles. The van der Waals surface area contributed by atoms with Gasteiger partial charge in [0.2, 0.25) is 0 Å². The summed E-state index contributed by atoms with van der Waals surface area (Å²) in [7, 11) is 0. The zero-order valence-corrected chi connectivity index (χ0v) is 10.7. The van der Waals surface area contributed by atoms with Crippen LogP contribution < -0.4 is 5.73 Å². The largest absolute Gasteiger partial charge is 0.372 e. The van der Waals surface area contributed by atoms with Crippen LogP contribution in [0.25, 0.3) is 0 Å². The van der Waals surface area contributed by atoms with Crippen LogP contribution in [0.4, 0.5) is 0 Å². The van der Waals surface area contributed by atoms with E-state index in [0.717, 1.165) is 23.7 Å². The number of hydrogen-bond donors (Lipinski definition) is 1. The Morgan fingerprint density at radius 2 is 2.27 bits per heavy atom. The van der Waals surface area contributed by atoms with E-state index in [1.54, 1.807) is 11.3 Å². The topological polar surface area (TPSA) is 48.1 Å². The summed E-state index contributed by atoms with van der Waals surface area (Å²) < 4.78 is 5.49. The van der Waals surface area contributed by atoms with E-state index in [2.05, 4.69) is 10.4 Å². The molecule has 0 fully saturated rings. The molecule has 0 aromatic carbocycles. The molecule has 1 aromatic heterocycles. The average molecular weight is 228 g/mol. The van der Waals surface area contributed by atoms with Crippen molar-refractivity contribution in [2.45, 2.75) is 45.8 Å². The Morgan fingerprint density at radius 1 is 1.60 bits per heavy atom. The lowest BCUT2D eigenvalue weighted by molar-refractivity contribution is 0.0761. The molecule has 1 aromatic rings. The highest BCUT2D eigenvalue weighted by Gasteiger charge is 2.16. The second-order valence-corrected chi connectivity index (χ2v) is 5.33. The van der Waals surface area contributed by atoms with Crippen LogP contribution in [0, 0.1) is 0 Å². The first-order valence-corrected chi connectivity index (χ1v) is 6.15. The normalized spacial score (nSPS) is 14.2. The van der Waals surface area contributed by atoms with Gasteiger partial charge in [-0.3, -0.25) is 0 Å². The van der Waals surface area contributed by atoms with Gasteiger partial charge in [0.05, 0.1) is 5.69 Å². The smallest absolute Gasteiger partial charge is 0.121 e. The molecule has 1 rings (SSSR count). The third kappa shape index (κ3) is 4.28. The number of hydrogen-bond acceptors (Lipinski definition) is 4. The van der Waals surface area contributed by atoms with Gasteiger partial charge in [-0.05, 0) is 27.7 Å². The Balaban J connectivity index is 2.64. The maximum Gasteiger partial charge on any atom is 0.121 e. The fraction of sp³-hybridized carbons (Fsp3) is 0.727. The van der Waals surface area contributed by atoms with Crippen molar-refractivity contribution < 1.29 is 4.74 Å². The van der Waals surface area contributed by atoms with Crippen LogP contribution in [-0.4, -0.2) is 17.1 Å². The third-order valence-electron chi connectivity index (χ3n) is 1.97. The number of thiazole rings is 1. The Kier molecular flexibility index (Phi) is 4.25. The van der Waals surface area contributed by atoms with E-state index in [0.29, 0.717) is 0 Å². The molecule has 15 heavy (non-hydrogen) atoms. The zero-order valence-electron chi connectivity index (χ0n) is 9.91. The molecule has 0 bridgehead atoms. The lowest BCUT2D eigenvalue weighted by Crippen LogP contribution is -2.34. The second-order valence-electron chi connectivity index (χ2n) is 4.44. The lowest BCUT2D eigenvalue weighted by atomic mass is 10.0. The Labute approximate surface area is 95.7 Å². The number of nitrogens with two attached hydrogens (primary N) is 1. The summed E-state index contributed by atoms with van der Waals surface area (Å²) in [5.74, 6) is 0. The first-order valence-electron chi connectivity index (χ1n) is 5.27. The summed E-state index contributed by atoms with van der Waals surface area (Å²) >= 11 is 1.65. The summed E-state index contributed by atoms with van der Waals surface area (Å²) in [4.78, 5) is 4.53. The monoisotopic (exact) mass is 228 g/mol. The molecule has 0 radical (unpaired) electrons. The van der Waals surface area contributed by atoms with Gasteiger partial charge in [-0.15, -0.1) is 11.3 Å². The molecule has 0 amide bonds. The summed E-state index contributed by atoms with van der Waals surface area (Å²) in [5.41, 5.74) is 6.81. The number of rotatable bonds is 5. The zero-order chi connectivity index (χ0) is 11.5. The van der Waals surface area contributed by atoms with Crippen molar-refractivity contribution >= 4 is 11.3 Å². The van der Waals surface area contributed by atoms with Crippen LogP contribution in [0.2, 0.25) is 0 Å². The highest BCUT2D eigenvalue weighted by Crippen LogP contribution is 2.22. The van der Waals surface area contributed by atoms with Crippen LogP contribution in [0.5, 0.6) is 0 Å². The molecule has 3 nitrogen and oxygen atoms in total. The third-order valence-corrected chi connectivity index (χ3v) is 3.03. The number of nitrogens with zero attached hydrogens (tertiary/aromatic N) is 1. The quantitative estimate of drug-likeness (QED) is 0.842. The first kappa shape index (κ1) is 12.6. The molecule has 2 N–H and O–H groups in total. The van der Waals surface area contributed by atoms with E-state index in [4.69, 9.17) is 10.5 Å². The molecular formula is C11H20N2OS. The van der Waals surface area contributed by atoms with Crippen LogP contribution in [-0.2, 0) is 11.2 Å². The average Bonchev–Trinajstić information content (AvgIpc) is 2.50. The van der Waals surface area contributed by atoms with E-state index >= 15 is 0 Å². The Morgan fingerprint density at radius 3 is 2.80 bits per heavy atom. The second kappa shape index (κ2) is 5.05. The van der Waals surface area contributed by atoms with Gasteiger partial charge in [-0.2, -0.15) is 0 Å². The fourth-order valence-corrected chi connectivity index (χ4v) is 2.20. The maximum absolute atomic E-state index is 5.94. The summed E-state index contributed by atoms with van der Waals surface area (Å²) in [6, 6.07) is 0. The molecule has 1 heterocycles. The fourth-order valence-electron chi connectivity index (χ4n) is 1.38. The van der Waals surface area contributed by atoms with Gasteiger partial charge in [0.25, 0.3) is 0 Å². The lowest BCUT2D eigenvalue weighted by Gasteiger charge is -2.16. The molecule has 0 saturated carbocycles. The van der Waals surface area contributed by atoms with Crippen molar-refractivity contribution in [1.29, 1.82) is 0 Å². The maximum atomic E-state index is 5.94.